The van der Waals surface area contributed by atoms with Gasteiger partial charge in [-0.1, -0.05) is 60.7 Å². The largest absolute Gasteiger partial charge is 0.341 e. The lowest BCUT2D eigenvalue weighted by Crippen LogP contribution is -2.37. The van der Waals surface area contributed by atoms with Gasteiger partial charge in [-0.2, -0.15) is 0 Å². The Bertz CT molecular complexity index is 1230. The van der Waals surface area contributed by atoms with Gasteiger partial charge in [0, 0.05) is 17.0 Å². The summed E-state index contributed by atoms with van der Waals surface area (Å²) in [6.45, 7) is 5.33. The molecule has 33 heavy (non-hydrogen) atoms. The predicted molar refractivity (Wildman–Crippen MR) is 123 cm³/mol. The van der Waals surface area contributed by atoms with Crippen LogP contribution in [-0.4, -0.2) is 44.5 Å². The van der Waals surface area contributed by atoms with Crippen LogP contribution in [0.4, 0.5) is 4.79 Å². The van der Waals surface area contributed by atoms with E-state index in [2.05, 4.69) is 11.5 Å². The Hall–Kier alpha value is -4.00. The number of hydrogen-bond acceptors (Lipinski definition) is 4. The fourth-order valence-electron chi connectivity index (χ4n) is 4.36. The summed E-state index contributed by atoms with van der Waals surface area (Å²) in [5.41, 5.74) is 3.90. The number of hydrogen-bond donors (Lipinski definition) is 0. The van der Waals surface area contributed by atoms with E-state index in [1.54, 1.807) is 30.3 Å². The molecular weight excluding hydrogens is 418 g/mol. The van der Waals surface area contributed by atoms with Crippen LogP contribution < -0.4 is 0 Å². The fourth-order valence-corrected chi connectivity index (χ4v) is 4.36. The van der Waals surface area contributed by atoms with E-state index in [1.807, 2.05) is 50.2 Å². The second kappa shape index (κ2) is 8.86. The summed E-state index contributed by atoms with van der Waals surface area (Å²) >= 11 is 0. The summed E-state index contributed by atoms with van der Waals surface area (Å²) in [5, 5.41) is 0. The van der Waals surface area contributed by atoms with Crippen LogP contribution in [0.15, 0.2) is 66.7 Å². The molecule has 168 valence electrons. The molecule has 7 heteroatoms. The highest BCUT2D eigenvalue weighted by Gasteiger charge is 2.45. The summed E-state index contributed by atoms with van der Waals surface area (Å²) in [7, 11) is 0. The van der Waals surface area contributed by atoms with E-state index in [9.17, 15) is 19.2 Å². The number of amides is 4. The fraction of sp³-hybridized carbons (Fsp3) is 0.231. The molecule has 4 amide bonds. The smallest absolute Gasteiger partial charge is 0.334 e. The number of nitrogens with zero attached hydrogens (tertiary/aromatic N) is 3. The number of urea groups is 1. The lowest BCUT2D eigenvalue weighted by molar-refractivity contribution is -0.143. The van der Waals surface area contributed by atoms with E-state index in [0.717, 1.165) is 32.3 Å². The van der Waals surface area contributed by atoms with Gasteiger partial charge in [0.15, 0.2) is 5.78 Å². The molecule has 7 nitrogen and oxygen atoms in total. The highest BCUT2D eigenvalue weighted by molar-refractivity contribution is 6.45. The first-order valence-corrected chi connectivity index (χ1v) is 10.8. The van der Waals surface area contributed by atoms with E-state index in [1.165, 1.54) is 0 Å². The molecule has 0 bridgehead atoms. The van der Waals surface area contributed by atoms with Gasteiger partial charge in [-0.05, 0) is 38.0 Å². The first kappa shape index (κ1) is 22.2. The molecule has 1 aromatic heterocycles. The minimum absolute atomic E-state index is 0.00532. The molecule has 0 radical (unpaired) electrons. The van der Waals surface area contributed by atoms with Crippen LogP contribution in [0.1, 0.15) is 45.8 Å². The number of ketones is 1. The van der Waals surface area contributed by atoms with Crippen LogP contribution >= 0.6 is 0 Å². The van der Waals surface area contributed by atoms with Crippen molar-refractivity contribution in [3.63, 3.8) is 0 Å². The quantitative estimate of drug-likeness (QED) is 0.315. The van der Waals surface area contributed by atoms with E-state index in [0.29, 0.717) is 5.56 Å². The normalized spacial score (nSPS) is 14.8. The monoisotopic (exact) mass is 443 g/mol. The number of aryl methyl sites for hydroxylation is 1. The van der Waals surface area contributed by atoms with E-state index >= 15 is 0 Å². The molecule has 1 saturated heterocycles. The Morgan fingerprint density at radius 1 is 0.848 bits per heavy atom. The topological polar surface area (TPSA) is 79.7 Å². The summed E-state index contributed by atoms with van der Waals surface area (Å²) in [6, 6.07) is 19.9. The van der Waals surface area contributed by atoms with Gasteiger partial charge < -0.3 is 4.57 Å². The van der Waals surface area contributed by atoms with Crippen LogP contribution in [0.3, 0.4) is 0 Å². The predicted octanol–water partition coefficient (Wildman–Crippen LogP) is 3.89. The lowest BCUT2D eigenvalue weighted by Gasteiger charge is -2.19. The maximum absolute atomic E-state index is 13.1. The zero-order valence-corrected chi connectivity index (χ0v) is 18.8. The maximum atomic E-state index is 13.1. The Morgan fingerprint density at radius 3 is 2.06 bits per heavy atom. The summed E-state index contributed by atoms with van der Waals surface area (Å²) in [6.07, 6.45) is 0. The van der Waals surface area contributed by atoms with Crippen LogP contribution in [0.2, 0.25) is 0 Å². The molecule has 1 atom stereocenters. The number of carbonyl (C=O) groups excluding carboxylic acids is 4. The second-order valence-electron chi connectivity index (χ2n) is 8.22. The third-order valence-corrected chi connectivity index (χ3v) is 6.07. The zero-order valence-electron chi connectivity index (χ0n) is 18.8. The number of imide groups is 2. The van der Waals surface area contributed by atoms with Crippen LogP contribution in [0, 0.1) is 13.8 Å². The number of rotatable bonds is 7. The van der Waals surface area contributed by atoms with Crippen LogP contribution in [-0.2, 0) is 16.1 Å². The highest BCUT2D eigenvalue weighted by Crippen LogP contribution is 2.26. The molecule has 3 aromatic rings. The van der Waals surface area contributed by atoms with Gasteiger partial charge in [0.25, 0.3) is 0 Å². The van der Waals surface area contributed by atoms with Gasteiger partial charge in [0.1, 0.15) is 0 Å². The number of aromatic nitrogens is 1. The molecule has 0 aliphatic carbocycles. The maximum Gasteiger partial charge on any atom is 0.334 e. The van der Waals surface area contributed by atoms with Gasteiger partial charge in [0.2, 0.25) is 0 Å². The highest BCUT2D eigenvalue weighted by atomic mass is 16.2. The molecule has 1 aliphatic heterocycles. The second-order valence-corrected chi connectivity index (χ2v) is 8.22. The molecule has 2 heterocycles. The van der Waals surface area contributed by atoms with Crippen molar-refractivity contribution in [1.82, 2.24) is 14.4 Å². The van der Waals surface area contributed by atoms with E-state index in [4.69, 9.17) is 0 Å². The molecule has 4 rings (SSSR count). The van der Waals surface area contributed by atoms with Crippen molar-refractivity contribution < 1.29 is 19.2 Å². The SMILES string of the molecule is Cc1cc(C(=O)CN2C(=O)C(=O)N(Cc3ccccc3)C2=O)c(C)n1[C@@H](C)c1ccccc1. The van der Waals surface area contributed by atoms with Gasteiger partial charge in [0.05, 0.1) is 19.1 Å². The average molecular weight is 444 g/mol. The molecule has 1 fully saturated rings. The summed E-state index contributed by atoms with van der Waals surface area (Å²) in [5.74, 6) is -2.28. The first-order chi connectivity index (χ1) is 15.8. The van der Waals surface area contributed by atoms with Crippen molar-refractivity contribution in [2.45, 2.75) is 33.4 Å². The van der Waals surface area contributed by atoms with Gasteiger partial charge >= 0.3 is 17.8 Å². The Morgan fingerprint density at radius 2 is 1.42 bits per heavy atom. The zero-order chi connectivity index (χ0) is 23.7. The summed E-state index contributed by atoms with van der Waals surface area (Å²) in [4.78, 5) is 52.4. The standard InChI is InChI=1S/C26H25N3O4/c1-17-14-22(19(3)29(17)18(2)21-12-8-5-9-13-21)23(30)16-28-25(32)24(31)27(26(28)33)15-20-10-6-4-7-11-20/h4-14,18H,15-16H2,1-3H3/t18-/m0/s1. The molecule has 0 N–H and O–H groups in total. The molecular formula is C26H25N3O4. The van der Waals surface area contributed by atoms with Crippen molar-refractivity contribution in [2.75, 3.05) is 6.54 Å². The third-order valence-electron chi connectivity index (χ3n) is 6.07. The van der Waals surface area contributed by atoms with Crippen LogP contribution in [0.25, 0.3) is 0 Å². The average Bonchev–Trinajstić information content (AvgIpc) is 3.23. The molecule has 2 aromatic carbocycles. The first-order valence-electron chi connectivity index (χ1n) is 10.8. The Labute approximate surface area is 192 Å². The molecule has 0 spiro atoms. The van der Waals surface area contributed by atoms with Crippen molar-refractivity contribution in [2.24, 2.45) is 0 Å². The van der Waals surface area contributed by atoms with E-state index in [-0.39, 0.29) is 18.4 Å². The third kappa shape index (κ3) is 4.09. The minimum Gasteiger partial charge on any atom is -0.341 e. The minimum atomic E-state index is -0.976. The van der Waals surface area contributed by atoms with Crippen molar-refractivity contribution >= 4 is 23.6 Å². The number of Topliss-reactive ketones (excluding diaryl/α,β-unsaturated/α-hetero) is 1. The molecule has 1 aliphatic rings. The van der Waals surface area contributed by atoms with Gasteiger partial charge in [-0.25, -0.2) is 9.69 Å². The molecule has 0 saturated carbocycles. The lowest BCUT2D eigenvalue weighted by atomic mass is 10.1. The number of carbonyl (C=O) groups is 4. The van der Waals surface area contributed by atoms with Crippen molar-refractivity contribution in [1.29, 1.82) is 0 Å². The number of benzene rings is 2. The Kier molecular flexibility index (Phi) is 5.96. The van der Waals surface area contributed by atoms with Crippen molar-refractivity contribution in [3.05, 3.63) is 94.8 Å². The van der Waals surface area contributed by atoms with E-state index < -0.39 is 24.4 Å². The Balaban J connectivity index is 1.54. The van der Waals surface area contributed by atoms with Crippen molar-refractivity contribution in [3.8, 4) is 0 Å². The van der Waals surface area contributed by atoms with Gasteiger partial charge in [-0.3, -0.25) is 19.3 Å². The van der Waals surface area contributed by atoms with Gasteiger partial charge in [-0.15, -0.1) is 0 Å². The summed E-state index contributed by atoms with van der Waals surface area (Å²) < 4.78 is 2.06. The van der Waals surface area contributed by atoms with Crippen LogP contribution in [0.5, 0.6) is 0 Å². The molecule has 0 unspecified atom stereocenters.